The van der Waals surface area contributed by atoms with Gasteiger partial charge in [-0.25, -0.2) is 13.6 Å². The number of nitrogens with one attached hydrogen (secondary N) is 1. The first-order chi connectivity index (χ1) is 8.59. The van der Waals surface area contributed by atoms with Crippen molar-refractivity contribution in [2.45, 2.75) is 6.54 Å². The fourth-order valence-corrected chi connectivity index (χ4v) is 2.25. The molecule has 0 radical (unpaired) electrons. The van der Waals surface area contributed by atoms with E-state index in [2.05, 4.69) is 5.32 Å². The highest BCUT2D eigenvalue weighted by atomic mass is 32.1. The van der Waals surface area contributed by atoms with E-state index in [1.807, 2.05) is 0 Å². The minimum atomic E-state index is -1.03. The zero-order chi connectivity index (χ0) is 13.1. The number of hydrogen-bond donors (Lipinski definition) is 2. The summed E-state index contributed by atoms with van der Waals surface area (Å²) in [6.07, 6.45) is 0. The molecule has 0 atom stereocenters. The van der Waals surface area contributed by atoms with Gasteiger partial charge in [0.1, 0.15) is 4.88 Å². The van der Waals surface area contributed by atoms with Gasteiger partial charge in [-0.3, -0.25) is 0 Å². The topological polar surface area (TPSA) is 49.3 Å². The van der Waals surface area contributed by atoms with E-state index in [1.165, 1.54) is 12.1 Å². The SMILES string of the molecule is O=C(O)c1sccc1CNc1cccc(F)c1F. The molecule has 0 saturated carbocycles. The summed E-state index contributed by atoms with van der Waals surface area (Å²) in [5.74, 6) is -2.94. The van der Waals surface area contributed by atoms with Crippen LogP contribution in [0.3, 0.4) is 0 Å². The number of carboxylic acids is 1. The lowest BCUT2D eigenvalue weighted by molar-refractivity contribution is 0.0701. The number of anilines is 1. The molecule has 2 N–H and O–H groups in total. The van der Waals surface area contributed by atoms with Crippen LogP contribution in [0.1, 0.15) is 15.2 Å². The Balaban J connectivity index is 2.14. The van der Waals surface area contributed by atoms with Gasteiger partial charge >= 0.3 is 5.97 Å². The molecule has 2 rings (SSSR count). The number of thiophene rings is 1. The van der Waals surface area contributed by atoms with Crippen molar-refractivity contribution in [3.05, 3.63) is 51.7 Å². The molecule has 0 unspecified atom stereocenters. The molecule has 6 heteroatoms. The molecule has 1 aromatic heterocycles. The Bertz CT molecular complexity index is 583. The number of halogens is 2. The van der Waals surface area contributed by atoms with E-state index in [4.69, 9.17) is 5.11 Å². The molecule has 0 aliphatic heterocycles. The summed E-state index contributed by atoms with van der Waals surface area (Å²) in [6.45, 7) is 0.130. The summed E-state index contributed by atoms with van der Waals surface area (Å²) >= 11 is 1.09. The highest BCUT2D eigenvalue weighted by molar-refractivity contribution is 7.12. The van der Waals surface area contributed by atoms with Crippen molar-refractivity contribution >= 4 is 23.0 Å². The molecule has 0 fully saturated rings. The molecule has 18 heavy (non-hydrogen) atoms. The summed E-state index contributed by atoms with van der Waals surface area (Å²) < 4.78 is 26.3. The third-order valence-electron chi connectivity index (χ3n) is 2.36. The van der Waals surface area contributed by atoms with Crippen molar-refractivity contribution in [1.82, 2.24) is 0 Å². The van der Waals surface area contributed by atoms with E-state index in [0.29, 0.717) is 5.56 Å². The van der Waals surface area contributed by atoms with E-state index < -0.39 is 17.6 Å². The molecule has 0 saturated heterocycles. The summed E-state index contributed by atoms with van der Waals surface area (Å²) in [4.78, 5) is 11.1. The van der Waals surface area contributed by atoms with E-state index in [9.17, 15) is 13.6 Å². The van der Waals surface area contributed by atoms with Crippen molar-refractivity contribution in [2.24, 2.45) is 0 Å². The van der Waals surface area contributed by atoms with Crippen LogP contribution < -0.4 is 5.32 Å². The van der Waals surface area contributed by atoms with Crippen LogP contribution in [0.25, 0.3) is 0 Å². The molecule has 94 valence electrons. The first kappa shape index (κ1) is 12.5. The van der Waals surface area contributed by atoms with Gasteiger partial charge in [-0.2, -0.15) is 0 Å². The van der Waals surface area contributed by atoms with Crippen LogP contribution in [0.5, 0.6) is 0 Å². The lowest BCUT2D eigenvalue weighted by Gasteiger charge is -2.07. The van der Waals surface area contributed by atoms with Crippen LogP contribution in [0.2, 0.25) is 0 Å². The zero-order valence-corrected chi connectivity index (χ0v) is 9.93. The van der Waals surface area contributed by atoms with Crippen molar-refractivity contribution in [3.63, 3.8) is 0 Å². The highest BCUT2D eigenvalue weighted by Gasteiger charge is 2.12. The van der Waals surface area contributed by atoms with Gasteiger partial charge in [0.2, 0.25) is 0 Å². The van der Waals surface area contributed by atoms with Crippen molar-refractivity contribution < 1.29 is 18.7 Å². The van der Waals surface area contributed by atoms with E-state index in [0.717, 1.165) is 17.4 Å². The average molecular weight is 269 g/mol. The van der Waals surface area contributed by atoms with Gasteiger partial charge in [-0.1, -0.05) is 6.07 Å². The minimum Gasteiger partial charge on any atom is -0.477 e. The normalized spacial score (nSPS) is 10.3. The Kier molecular flexibility index (Phi) is 3.57. The number of hydrogen-bond acceptors (Lipinski definition) is 3. The highest BCUT2D eigenvalue weighted by Crippen LogP contribution is 2.21. The molecule has 2 aromatic rings. The monoisotopic (exact) mass is 269 g/mol. The lowest BCUT2D eigenvalue weighted by atomic mass is 10.2. The first-order valence-electron chi connectivity index (χ1n) is 5.07. The Hall–Kier alpha value is -1.95. The van der Waals surface area contributed by atoms with Crippen LogP contribution >= 0.6 is 11.3 Å². The van der Waals surface area contributed by atoms with Crippen LogP contribution in [0, 0.1) is 11.6 Å². The van der Waals surface area contributed by atoms with Gasteiger partial charge in [0.15, 0.2) is 11.6 Å². The molecule has 0 aliphatic carbocycles. The molecule has 3 nitrogen and oxygen atoms in total. The van der Waals surface area contributed by atoms with E-state index in [1.54, 1.807) is 11.4 Å². The predicted octanol–water partition coefficient (Wildman–Crippen LogP) is 3.34. The molecule has 0 amide bonds. The second-order valence-electron chi connectivity index (χ2n) is 3.54. The third-order valence-corrected chi connectivity index (χ3v) is 3.31. The van der Waals surface area contributed by atoms with Gasteiger partial charge in [0.05, 0.1) is 5.69 Å². The number of carboxylic acid groups (broad SMARTS) is 1. The third kappa shape index (κ3) is 2.48. The quantitative estimate of drug-likeness (QED) is 0.895. The van der Waals surface area contributed by atoms with Crippen LogP contribution in [-0.4, -0.2) is 11.1 Å². The van der Waals surface area contributed by atoms with Gasteiger partial charge < -0.3 is 10.4 Å². The Morgan fingerprint density at radius 3 is 2.83 bits per heavy atom. The van der Waals surface area contributed by atoms with Gasteiger partial charge in [0, 0.05) is 6.54 Å². The lowest BCUT2D eigenvalue weighted by Crippen LogP contribution is -2.05. The number of carbonyl (C=O) groups is 1. The summed E-state index contributed by atoms with van der Waals surface area (Å²) in [6, 6.07) is 5.43. The molecule has 0 aliphatic rings. The molecule has 0 bridgehead atoms. The van der Waals surface area contributed by atoms with Crippen LogP contribution in [0.4, 0.5) is 14.5 Å². The second kappa shape index (κ2) is 5.14. The number of aromatic carboxylic acids is 1. The standard InChI is InChI=1S/C12H9F2NO2S/c13-8-2-1-3-9(10(8)14)15-6-7-4-5-18-11(7)12(16)17/h1-5,15H,6H2,(H,16,17). The summed E-state index contributed by atoms with van der Waals surface area (Å²) in [5.41, 5.74) is 0.550. The van der Waals surface area contributed by atoms with Crippen molar-refractivity contribution in [2.75, 3.05) is 5.32 Å². The first-order valence-corrected chi connectivity index (χ1v) is 5.95. The molecule has 0 spiro atoms. The fraction of sp³-hybridized carbons (Fsp3) is 0.0833. The second-order valence-corrected chi connectivity index (χ2v) is 4.45. The van der Waals surface area contributed by atoms with Crippen molar-refractivity contribution in [3.8, 4) is 0 Å². The maximum atomic E-state index is 13.3. The average Bonchev–Trinajstić information content (AvgIpc) is 2.79. The minimum absolute atomic E-state index is 0.0116. The fourth-order valence-electron chi connectivity index (χ4n) is 1.49. The predicted molar refractivity (Wildman–Crippen MR) is 65.0 cm³/mol. The Labute approximate surface area is 106 Å². The summed E-state index contributed by atoms with van der Waals surface area (Å²) in [5, 5.41) is 13.2. The smallest absolute Gasteiger partial charge is 0.346 e. The van der Waals surface area contributed by atoms with Crippen molar-refractivity contribution in [1.29, 1.82) is 0 Å². The largest absolute Gasteiger partial charge is 0.477 e. The molecular weight excluding hydrogens is 260 g/mol. The van der Waals surface area contributed by atoms with Gasteiger partial charge in [-0.15, -0.1) is 11.3 Å². The summed E-state index contributed by atoms with van der Waals surface area (Å²) in [7, 11) is 0. The number of benzene rings is 1. The van der Waals surface area contributed by atoms with E-state index >= 15 is 0 Å². The van der Waals surface area contributed by atoms with Crippen LogP contribution in [-0.2, 0) is 6.54 Å². The van der Waals surface area contributed by atoms with Crippen LogP contribution in [0.15, 0.2) is 29.6 Å². The Morgan fingerprint density at radius 2 is 2.11 bits per heavy atom. The molecular formula is C12H9F2NO2S. The van der Waals surface area contributed by atoms with Gasteiger partial charge in [0.25, 0.3) is 0 Å². The number of rotatable bonds is 4. The molecule has 1 heterocycles. The Morgan fingerprint density at radius 1 is 1.33 bits per heavy atom. The van der Waals surface area contributed by atoms with E-state index in [-0.39, 0.29) is 17.1 Å². The maximum absolute atomic E-state index is 13.3. The zero-order valence-electron chi connectivity index (χ0n) is 9.11. The van der Waals surface area contributed by atoms with Gasteiger partial charge in [-0.05, 0) is 29.1 Å². The maximum Gasteiger partial charge on any atom is 0.346 e. The molecule has 1 aromatic carbocycles.